The predicted octanol–water partition coefficient (Wildman–Crippen LogP) is 3.00. The molecule has 0 saturated heterocycles. The molecule has 1 N–H and O–H groups in total. The molecule has 90 valence electrons. The van der Waals surface area contributed by atoms with Crippen molar-refractivity contribution < 1.29 is 9.21 Å². The second-order valence-corrected chi connectivity index (χ2v) is 4.28. The summed E-state index contributed by atoms with van der Waals surface area (Å²) < 4.78 is 5.40. The van der Waals surface area contributed by atoms with Crippen LogP contribution in [0.1, 0.15) is 27.4 Å². The SMILES string of the molecule is Cc1cc(C(=O)c2c[nH]c3ccncc23)c(C)o1. The highest BCUT2D eigenvalue weighted by Crippen LogP contribution is 2.23. The van der Waals surface area contributed by atoms with Crippen molar-refractivity contribution in [3.8, 4) is 0 Å². The Morgan fingerprint density at radius 1 is 1.33 bits per heavy atom. The lowest BCUT2D eigenvalue weighted by atomic mass is 10.0. The summed E-state index contributed by atoms with van der Waals surface area (Å²) in [5, 5.41) is 0.834. The van der Waals surface area contributed by atoms with Gasteiger partial charge in [-0.25, -0.2) is 0 Å². The quantitative estimate of drug-likeness (QED) is 0.700. The molecule has 0 aromatic carbocycles. The van der Waals surface area contributed by atoms with Crippen LogP contribution in [0.25, 0.3) is 10.9 Å². The van der Waals surface area contributed by atoms with Gasteiger partial charge in [-0.2, -0.15) is 0 Å². The Bertz CT molecular complexity index is 737. The summed E-state index contributed by atoms with van der Waals surface area (Å²) in [4.78, 5) is 19.6. The van der Waals surface area contributed by atoms with Gasteiger partial charge in [-0.15, -0.1) is 0 Å². The van der Waals surface area contributed by atoms with Crippen LogP contribution >= 0.6 is 0 Å². The summed E-state index contributed by atoms with van der Waals surface area (Å²) in [5.41, 5.74) is 2.14. The van der Waals surface area contributed by atoms with Crippen molar-refractivity contribution in [1.82, 2.24) is 9.97 Å². The zero-order valence-electron chi connectivity index (χ0n) is 10.2. The third-order valence-corrected chi connectivity index (χ3v) is 3.01. The molecule has 3 aromatic rings. The van der Waals surface area contributed by atoms with Crippen molar-refractivity contribution in [2.24, 2.45) is 0 Å². The number of carbonyl (C=O) groups is 1. The van der Waals surface area contributed by atoms with Crippen molar-refractivity contribution in [2.45, 2.75) is 13.8 Å². The molecule has 0 aliphatic heterocycles. The molecule has 3 rings (SSSR count). The molecule has 0 aliphatic rings. The molecule has 0 saturated carbocycles. The first-order valence-electron chi connectivity index (χ1n) is 5.69. The summed E-state index contributed by atoms with van der Waals surface area (Å²) in [6.45, 7) is 3.63. The summed E-state index contributed by atoms with van der Waals surface area (Å²) in [7, 11) is 0. The van der Waals surface area contributed by atoms with Crippen LogP contribution in [-0.4, -0.2) is 15.8 Å². The molecule has 0 radical (unpaired) electrons. The minimum atomic E-state index is -0.0383. The normalized spacial score (nSPS) is 11.0. The number of hydrogen-bond donors (Lipinski definition) is 1. The number of aryl methyl sites for hydroxylation is 2. The summed E-state index contributed by atoms with van der Waals surface area (Å²) >= 11 is 0. The molecule has 0 atom stereocenters. The minimum absolute atomic E-state index is 0.0383. The van der Waals surface area contributed by atoms with Crippen LogP contribution in [0.15, 0.2) is 35.1 Å². The standard InChI is InChI=1S/C14H12N2O2/c1-8-5-10(9(2)18-8)14(17)12-7-16-13-3-4-15-6-11(12)13/h3-7,16H,1-2H3. The average Bonchev–Trinajstić information content (AvgIpc) is 2.92. The van der Waals surface area contributed by atoms with Gasteiger partial charge in [0.05, 0.1) is 5.56 Å². The number of aromatic nitrogens is 2. The number of pyridine rings is 1. The Balaban J connectivity index is 2.15. The fraction of sp³-hybridized carbons (Fsp3) is 0.143. The molecule has 3 aromatic heterocycles. The predicted molar refractivity (Wildman–Crippen MR) is 67.7 cm³/mol. The molecule has 0 fully saturated rings. The van der Waals surface area contributed by atoms with Crippen LogP contribution in [0.5, 0.6) is 0 Å². The highest BCUT2D eigenvalue weighted by Gasteiger charge is 2.18. The van der Waals surface area contributed by atoms with E-state index in [2.05, 4.69) is 9.97 Å². The molecule has 4 nitrogen and oxygen atoms in total. The van der Waals surface area contributed by atoms with Crippen LogP contribution in [0.4, 0.5) is 0 Å². The number of nitrogens with one attached hydrogen (secondary N) is 1. The van der Waals surface area contributed by atoms with E-state index < -0.39 is 0 Å². The smallest absolute Gasteiger partial charge is 0.198 e. The summed E-state index contributed by atoms with van der Waals surface area (Å²) in [5.74, 6) is 1.35. The molecule has 3 heterocycles. The van der Waals surface area contributed by atoms with Crippen LogP contribution in [0.2, 0.25) is 0 Å². The van der Waals surface area contributed by atoms with E-state index in [4.69, 9.17) is 4.42 Å². The maximum atomic E-state index is 12.4. The monoisotopic (exact) mass is 240 g/mol. The number of H-pyrrole nitrogens is 1. The Hall–Kier alpha value is -2.36. The van der Waals surface area contributed by atoms with Gasteiger partial charge in [0, 0.05) is 35.1 Å². The van der Waals surface area contributed by atoms with E-state index in [-0.39, 0.29) is 5.78 Å². The number of ketones is 1. The van der Waals surface area contributed by atoms with Gasteiger partial charge in [0.15, 0.2) is 5.78 Å². The van der Waals surface area contributed by atoms with Gasteiger partial charge >= 0.3 is 0 Å². The molecular formula is C14H12N2O2. The number of fused-ring (bicyclic) bond motifs is 1. The van der Waals surface area contributed by atoms with E-state index in [1.54, 1.807) is 31.6 Å². The van der Waals surface area contributed by atoms with E-state index >= 15 is 0 Å². The molecule has 0 bridgehead atoms. The van der Waals surface area contributed by atoms with E-state index in [1.807, 2.05) is 13.0 Å². The molecule has 0 spiro atoms. The van der Waals surface area contributed by atoms with Crippen LogP contribution in [0, 0.1) is 13.8 Å². The molecular weight excluding hydrogens is 228 g/mol. The highest BCUT2D eigenvalue weighted by molar-refractivity contribution is 6.16. The third-order valence-electron chi connectivity index (χ3n) is 3.01. The zero-order chi connectivity index (χ0) is 12.7. The van der Waals surface area contributed by atoms with E-state index in [0.717, 1.165) is 16.7 Å². The van der Waals surface area contributed by atoms with Crippen molar-refractivity contribution in [1.29, 1.82) is 0 Å². The van der Waals surface area contributed by atoms with Gasteiger partial charge in [0.1, 0.15) is 11.5 Å². The average molecular weight is 240 g/mol. The van der Waals surface area contributed by atoms with E-state index in [0.29, 0.717) is 16.9 Å². The van der Waals surface area contributed by atoms with Gasteiger partial charge in [0.25, 0.3) is 0 Å². The summed E-state index contributed by atoms with van der Waals surface area (Å²) in [6, 6.07) is 3.62. The van der Waals surface area contributed by atoms with Crippen molar-refractivity contribution in [3.05, 3.63) is 53.4 Å². The third kappa shape index (κ3) is 1.54. The number of hydrogen-bond acceptors (Lipinski definition) is 3. The van der Waals surface area contributed by atoms with E-state index in [1.165, 1.54) is 0 Å². The lowest BCUT2D eigenvalue weighted by Gasteiger charge is -1.96. The first-order valence-corrected chi connectivity index (χ1v) is 5.69. The first kappa shape index (κ1) is 10.8. The van der Waals surface area contributed by atoms with Gasteiger partial charge in [-0.05, 0) is 26.0 Å². The van der Waals surface area contributed by atoms with Crippen LogP contribution in [-0.2, 0) is 0 Å². The maximum absolute atomic E-state index is 12.4. The lowest BCUT2D eigenvalue weighted by molar-refractivity contribution is 0.103. The number of furan rings is 1. The Morgan fingerprint density at radius 2 is 2.17 bits per heavy atom. The number of rotatable bonds is 2. The number of carbonyl (C=O) groups excluding carboxylic acids is 1. The van der Waals surface area contributed by atoms with Gasteiger partial charge in [-0.3, -0.25) is 9.78 Å². The second-order valence-electron chi connectivity index (χ2n) is 4.28. The van der Waals surface area contributed by atoms with Crippen molar-refractivity contribution in [2.75, 3.05) is 0 Å². The molecule has 4 heteroatoms. The number of aromatic amines is 1. The molecule has 18 heavy (non-hydrogen) atoms. The van der Waals surface area contributed by atoms with Gasteiger partial charge in [0.2, 0.25) is 0 Å². The highest BCUT2D eigenvalue weighted by atomic mass is 16.3. The zero-order valence-corrected chi connectivity index (χ0v) is 10.2. The van der Waals surface area contributed by atoms with E-state index in [9.17, 15) is 4.79 Å². The minimum Gasteiger partial charge on any atom is -0.466 e. The molecule has 0 unspecified atom stereocenters. The molecule has 0 amide bonds. The van der Waals surface area contributed by atoms with Gasteiger partial charge < -0.3 is 9.40 Å². The Kier molecular flexibility index (Phi) is 2.30. The van der Waals surface area contributed by atoms with Crippen molar-refractivity contribution in [3.63, 3.8) is 0 Å². The van der Waals surface area contributed by atoms with Gasteiger partial charge in [-0.1, -0.05) is 0 Å². The van der Waals surface area contributed by atoms with Crippen molar-refractivity contribution >= 4 is 16.7 Å². The summed E-state index contributed by atoms with van der Waals surface area (Å²) in [6.07, 6.45) is 5.11. The topological polar surface area (TPSA) is 58.9 Å². The number of nitrogens with zero attached hydrogens (tertiary/aromatic N) is 1. The lowest BCUT2D eigenvalue weighted by Crippen LogP contribution is -2.00. The van der Waals surface area contributed by atoms with Crippen LogP contribution in [0.3, 0.4) is 0 Å². The Morgan fingerprint density at radius 3 is 2.89 bits per heavy atom. The fourth-order valence-electron chi connectivity index (χ4n) is 2.15. The molecule has 0 aliphatic carbocycles. The first-order chi connectivity index (χ1) is 8.66. The largest absolute Gasteiger partial charge is 0.466 e. The Labute approximate surface area is 104 Å². The second kappa shape index (κ2) is 3.84. The maximum Gasteiger partial charge on any atom is 0.198 e. The van der Waals surface area contributed by atoms with Crippen LogP contribution < -0.4 is 0 Å². The fourth-order valence-corrected chi connectivity index (χ4v) is 2.15.